The minimum atomic E-state index is -0.890. The van der Waals surface area contributed by atoms with E-state index in [-0.39, 0.29) is 12.5 Å². The van der Waals surface area contributed by atoms with E-state index in [1.807, 2.05) is 0 Å². The van der Waals surface area contributed by atoms with Crippen LogP contribution in [-0.2, 0) is 11.3 Å². The van der Waals surface area contributed by atoms with Crippen molar-refractivity contribution in [2.45, 2.75) is 13.0 Å². The number of nitrogens with one attached hydrogen (secondary N) is 1. The highest BCUT2D eigenvalue weighted by molar-refractivity contribution is 5.76. The molecule has 0 radical (unpaired) electrons. The molecule has 5 heteroatoms. The highest BCUT2D eigenvalue weighted by atomic mass is 19.2. The molecule has 17 heavy (non-hydrogen) atoms. The predicted octanol–water partition coefficient (Wildman–Crippen LogP) is 1.53. The topological polar surface area (TPSA) is 32.3 Å². The lowest BCUT2D eigenvalue weighted by Crippen LogP contribution is -2.28. The maximum atomic E-state index is 12.9. The van der Waals surface area contributed by atoms with Crippen molar-refractivity contribution in [3.8, 4) is 0 Å². The maximum Gasteiger partial charge on any atom is 0.223 e. The van der Waals surface area contributed by atoms with Crippen LogP contribution in [0, 0.1) is 11.6 Å². The molecule has 3 nitrogen and oxygen atoms in total. The van der Waals surface area contributed by atoms with Crippen molar-refractivity contribution in [2.75, 3.05) is 20.6 Å². The Balaban J connectivity index is 2.58. The fourth-order valence-electron chi connectivity index (χ4n) is 1.42. The van der Waals surface area contributed by atoms with Crippen molar-refractivity contribution in [1.29, 1.82) is 0 Å². The van der Waals surface area contributed by atoms with Gasteiger partial charge in [0.15, 0.2) is 11.6 Å². The Morgan fingerprint density at radius 3 is 2.65 bits per heavy atom. The van der Waals surface area contributed by atoms with Gasteiger partial charge in [-0.15, -0.1) is 0 Å². The third-order valence-corrected chi connectivity index (χ3v) is 2.42. The third kappa shape index (κ3) is 4.11. The molecule has 1 aromatic carbocycles. The summed E-state index contributed by atoms with van der Waals surface area (Å²) < 4.78 is 25.6. The number of amides is 1. The largest absolute Gasteiger partial charge is 0.341 e. The lowest BCUT2D eigenvalue weighted by Gasteiger charge is -2.17. The first-order chi connectivity index (χ1) is 8.04. The number of rotatable bonds is 5. The molecule has 1 amide bonds. The molecule has 0 spiro atoms. The second-order valence-corrected chi connectivity index (χ2v) is 3.85. The van der Waals surface area contributed by atoms with E-state index < -0.39 is 11.6 Å². The lowest BCUT2D eigenvalue weighted by atomic mass is 10.2. The van der Waals surface area contributed by atoms with E-state index in [4.69, 9.17) is 0 Å². The van der Waals surface area contributed by atoms with E-state index in [2.05, 4.69) is 5.32 Å². The molecule has 1 aromatic rings. The summed E-state index contributed by atoms with van der Waals surface area (Å²) in [6.07, 6.45) is 0.386. The fourth-order valence-corrected chi connectivity index (χ4v) is 1.42. The molecule has 0 aliphatic rings. The first kappa shape index (κ1) is 13.6. The van der Waals surface area contributed by atoms with Gasteiger partial charge in [-0.1, -0.05) is 6.07 Å². The van der Waals surface area contributed by atoms with E-state index in [0.717, 1.165) is 12.1 Å². The van der Waals surface area contributed by atoms with Crippen molar-refractivity contribution in [1.82, 2.24) is 10.2 Å². The predicted molar refractivity (Wildman–Crippen MR) is 61.4 cm³/mol. The quantitative estimate of drug-likeness (QED) is 0.849. The van der Waals surface area contributed by atoms with E-state index in [1.165, 1.54) is 11.0 Å². The summed E-state index contributed by atoms with van der Waals surface area (Å²) in [7, 11) is 3.40. The number of nitrogens with zero attached hydrogens (tertiary/aromatic N) is 1. The molecule has 0 aliphatic heterocycles. The van der Waals surface area contributed by atoms with E-state index in [0.29, 0.717) is 18.5 Å². The highest BCUT2D eigenvalue weighted by Crippen LogP contribution is 2.10. The second kappa shape index (κ2) is 6.30. The minimum absolute atomic E-state index is 0.0379. The Bertz CT molecular complexity index is 396. The number of carbonyl (C=O) groups excluding carboxylic acids is 1. The number of hydrogen-bond acceptors (Lipinski definition) is 2. The number of benzene rings is 1. The van der Waals surface area contributed by atoms with Gasteiger partial charge in [0.1, 0.15) is 0 Å². The molecular formula is C12H16F2N2O. The molecule has 0 heterocycles. The Morgan fingerprint density at radius 2 is 2.06 bits per heavy atom. The van der Waals surface area contributed by atoms with Crippen LogP contribution in [0.5, 0.6) is 0 Å². The smallest absolute Gasteiger partial charge is 0.223 e. The Labute approximate surface area is 99.4 Å². The monoisotopic (exact) mass is 242 g/mol. The molecule has 0 aromatic heterocycles. The van der Waals surface area contributed by atoms with Crippen LogP contribution < -0.4 is 5.32 Å². The first-order valence-electron chi connectivity index (χ1n) is 5.37. The molecule has 0 saturated heterocycles. The highest BCUT2D eigenvalue weighted by Gasteiger charge is 2.10. The van der Waals surface area contributed by atoms with Crippen molar-refractivity contribution in [2.24, 2.45) is 0 Å². The van der Waals surface area contributed by atoms with Crippen LogP contribution in [0.4, 0.5) is 8.78 Å². The van der Waals surface area contributed by atoms with Crippen molar-refractivity contribution in [3.05, 3.63) is 35.4 Å². The summed E-state index contributed by atoms with van der Waals surface area (Å²) >= 11 is 0. The zero-order valence-electron chi connectivity index (χ0n) is 9.96. The fraction of sp³-hybridized carbons (Fsp3) is 0.417. The molecule has 94 valence electrons. The summed E-state index contributed by atoms with van der Waals surface area (Å²) in [5.74, 6) is -1.81. The van der Waals surface area contributed by atoms with Gasteiger partial charge in [0, 0.05) is 26.6 Å². The summed E-state index contributed by atoms with van der Waals surface area (Å²) in [5.41, 5.74) is 0.573. The summed E-state index contributed by atoms with van der Waals surface area (Å²) in [4.78, 5) is 13.1. The van der Waals surface area contributed by atoms with Crippen LogP contribution in [0.3, 0.4) is 0 Å². The Kier molecular flexibility index (Phi) is 5.03. The Hall–Kier alpha value is -1.49. The van der Waals surface area contributed by atoms with Gasteiger partial charge in [0.25, 0.3) is 0 Å². The number of hydrogen-bond donors (Lipinski definition) is 1. The molecule has 0 unspecified atom stereocenters. The zero-order chi connectivity index (χ0) is 12.8. The van der Waals surface area contributed by atoms with Gasteiger partial charge in [-0.05, 0) is 24.7 Å². The SMILES string of the molecule is CNCCC(=O)N(C)Cc1ccc(F)c(F)c1. The van der Waals surface area contributed by atoms with E-state index in [9.17, 15) is 13.6 Å². The summed E-state index contributed by atoms with van der Waals surface area (Å²) in [6, 6.07) is 3.65. The van der Waals surface area contributed by atoms with Gasteiger partial charge in [0.2, 0.25) is 5.91 Å². The van der Waals surface area contributed by atoms with Crippen LogP contribution >= 0.6 is 0 Å². The number of halogens is 2. The van der Waals surface area contributed by atoms with Gasteiger partial charge in [-0.25, -0.2) is 8.78 Å². The molecule has 0 saturated carbocycles. The molecule has 0 bridgehead atoms. The third-order valence-electron chi connectivity index (χ3n) is 2.42. The van der Waals surface area contributed by atoms with Crippen LogP contribution in [0.1, 0.15) is 12.0 Å². The normalized spacial score (nSPS) is 10.4. The number of carbonyl (C=O) groups is 1. The van der Waals surface area contributed by atoms with Crippen LogP contribution in [0.15, 0.2) is 18.2 Å². The molecule has 0 aliphatic carbocycles. The Morgan fingerprint density at radius 1 is 1.35 bits per heavy atom. The van der Waals surface area contributed by atoms with Crippen LogP contribution in [-0.4, -0.2) is 31.4 Å². The average Bonchev–Trinajstić information content (AvgIpc) is 2.30. The summed E-state index contributed by atoms with van der Waals surface area (Å²) in [5, 5.41) is 2.88. The van der Waals surface area contributed by atoms with E-state index >= 15 is 0 Å². The molecule has 1 N–H and O–H groups in total. The maximum absolute atomic E-state index is 12.9. The standard InChI is InChI=1S/C12H16F2N2O/c1-15-6-5-12(17)16(2)8-9-3-4-10(13)11(14)7-9/h3-4,7,15H,5-6,8H2,1-2H3. The minimum Gasteiger partial charge on any atom is -0.341 e. The van der Waals surface area contributed by atoms with Crippen LogP contribution in [0.2, 0.25) is 0 Å². The first-order valence-corrected chi connectivity index (χ1v) is 5.37. The van der Waals surface area contributed by atoms with Gasteiger partial charge < -0.3 is 10.2 Å². The van der Waals surface area contributed by atoms with Gasteiger partial charge in [-0.3, -0.25) is 4.79 Å². The molecular weight excluding hydrogens is 226 g/mol. The molecule has 1 rings (SSSR count). The second-order valence-electron chi connectivity index (χ2n) is 3.85. The van der Waals surface area contributed by atoms with Crippen molar-refractivity contribution in [3.63, 3.8) is 0 Å². The van der Waals surface area contributed by atoms with Crippen molar-refractivity contribution >= 4 is 5.91 Å². The molecule has 0 atom stereocenters. The summed E-state index contributed by atoms with van der Waals surface area (Å²) in [6.45, 7) is 0.876. The van der Waals surface area contributed by atoms with Crippen LogP contribution in [0.25, 0.3) is 0 Å². The van der Waals surface area contributed by atoms with Crippen molar-refractivity contribution < 1.29 is 13.6 Å². The average molecular weight is 242 g/mol. The van der Waals surface area contributed by atoms with Gasteiger partial charge >= 0.3 is 0 Å². The lowest BCUT2D eigenvalue weighted by molar-refractivity contribution is -0.130. The van der Waals surface area contributed by atoms with Gasteiger partial charge in [0.05, 0.1) is 0 Å². The van der Waals surface area contributed by atoms with E-state index in [1.54, 1.807) is 14.1 Å². The van der Waals surface area contributed by atoms with Gasteiger partial charge in [-0.2, -0.15) is 0 Å². The molecule has 0 fully saturated rings. The zero-order valence-corrected chi connectivity index (χ0v) is 9.96.